The molecule has 0 amide bonds. The molecule has 0 radical (unpaired) electrons. The molecule has 0 aromatic heterocycles. The first-order chi connectivity index (χ1) is 9.95. The van der Waals surface area contributed by atoms with Crippen LogP contribution in [0.15, 0.2) is 23.5 Å². The molecule has 0 spiro atoms. The second-order valence-electron chi connectivity index (χ2n) is 5.33. The molecule has 0 aromatic carbocycles. The summed E-state index contributed by atoms with van der Waals surface area (Å²) in [6.45, 7) is 3.27. The Morgan fingerprint density at radius 3 is 2.52 bits per heavy atom. The summed E-state index contributed by atoms with van der Waals surface area (Å²) in [5, 5.41) is 18.9. The Balaban J connectivity index is 2.70. The van der Waals surface area contributed by atoms with Gasteiger partial charge in [0.1, 0.15) is 0 Å². The van der Waals surface area contributed by atoms with Crippen molar-refractivity contribution in [1.82, 2.24) is 0 Å². The van der Waals surface area contributed by atoms with Gasteiger partial charge in [-0.25, -0.2) is 0 Å². The number of rotatable bonds is 5. The minimum Gasteiger partial charge on any atom is -0.515 e. The molecular weight excluding hydrogens is 268 g/mol. The number of hydrogen-bond donors (Lipinski definition) is 2. The Hall–Kier alpha value is -1.86. The topological polar surface area (TPSA) is 74.6 Å². The smallest absolute Gasteiger partial charge is 0.206 e. The van der Waals surface area contributed by atoms with Crippen molar-refractivity contribution < 1.29 is 19.8 Å². The largest absolute Gasteiger partial charge is 0.515 e. The number of aliphatic hydroxyl groups excluding tert-OH is 1. The third-order valence-electron chi connectivity index (χ3n) is 3.49. The van der Waals surface area contributed by atoms with Gasteiger partial charge >= 0.3 is 0 Å². The van der Waals surface area contributed by atoms with Crippen LogP contribution in [0.2, 0.25) is 0 Å². The number of carbonyl (C=O) groups is 2. The van der Waals surface area contributed by atoms with Gasteiger partial charge in [-0.15, -0.1) is 0 Å². The predicted octanol–water partition coefficient (Wildman–Crippen LogP) is 2.62. The molecule has 0 aromatic rings. The van der Waals surface area contributed by atoms with Gasteiger partial charge in [0, 0.05) is 18.1 Å². The van der Waals surface area contributed by atoms with E-state index in [2.05, 4.69) is 18.8 Å². The number of aliphatic hydroxyl groups is 2. The van der Waals surface area contributed by atoms with Gasteiger partial charge < -0.3 is 10.2 Å². The highest BCUT2D eigenvalue weighted by Gasteiger charge is 2.43. The molecule has 0 saturated carbocycles. The van der Waals surface area contributed by atoms with Gasteiger partial charge in [-0.1, -0.05) is 44.4 Å². The molecule has 1 rings (SSSR count). The minimum atomic E-state index is -2.11. The van der Waals surface area contributed by atoms with Crippen LogP contribution >= 0.6 is 0 Å². The summed E-state index contributed by atoms with van der Waals surface area (Å²) in [6, 6.07) is 0. The molecule has 0 fully saturated rings. The standard InChI is InChI=1S/C17H22O4/c1-3-4-5-6-7-8-9-10-13-11-15(19)17(2,21)16(20)14(13)12-18/h11-12,18,21H,3-8H2,1-2H3/b14-12+/t17-/m1/s1. The molecule has 1 atom stereocenters. The van der Waals surface area contributed by atoms with Crippen LogP contribution in [0, 0.1) is 11.8 Å². The second-order valence-corrected chi connectivity index (χ2v) is 5.33. The Labute approximate surface area is 125 Å². The van der Waals surface area contributed by atoms with Crippen LogP contribution in [0.3, 0.4) is 0 Å². The van der Waals surface area contributed by atoms with Gasteiger partial charge in [-0.3, -0.25) is 9.59 Å². The molecule has 0 aliphatic heterocycles. The van der Waals surface area contributed by atoms with Crippen molar-refractivity contribution >= 4 is 11.6 Å². The molecule has 114 valence electrons. The first-order valence-corrected chi connectivity index (χ1v) is 7.32. The molecule has 0 bridgehead atoms. The first-order valence-electron chi connectivity index (χ1n) is 7.32. The highest BCUT2D eigenvalue weighted by atomic mass is 16.3. The molecule has 2 N–H and O–H groups in total. The lowest BCUT2D eigenvalue weighted by Crippen LogP contribution is -2.46. The fourth-order valence-corrected chi connectivity index (χ4v) is 2.05. The van der Waals surface area contributed by atoms with Crippen LogP contribution in [0.25, 0.3) is 0 Å². The van der Waals surface area contributed by atoms with E-state index in [1.54, 1.807) is 0 Å². The third kappa shape index (κ3) is 4.30. The Morgan fingerprint density at radius 1 is 1.24 bits per heavy atom. The van der Waals surface area contributed by atoms with E-state index in [1.165, 1.54) is 19.3 Å². The zero-order valence-electron chi connectivity index (χ0n) is 12.6. The van der Waals surface area contributed by atoms with Crippen LogP contribution in [0.1, 0.15) is 52.4 Å². The van der Waals surface area contributed by atoms with Crippen LogP contribution in [-0.2, 0) is 9.59 Å². The van der Waals surface area contributed by atoms with E-state index >= 15 is 0 Å². The molecule has 4 nitrogen and oxygen atoms in total. The van der Waals surface area contributed by atoms with Gasteiger partial charge in [-0.2, -0.15) is 0 Å². The molecule has 1 aliphatic rings. The van der Waals surface area contributed by atoms with Crippen molar-refractivity contribution in [3.05, 3.63) is 23.5 Å². The van der Waals surface area contributed by atoms with Crippen molar-refractivity contribution in [1.29, 1.82) is 0 Å². The summed E-state index contributed by atoms with van der Waals surface area (Å²) in [6.07, 6.45) is 8.07. The summed E-state index contributed by atoms with van der Waals surface area (Å²) < 4.78 is 0. The van der Waals surface area contributed by atoms with Crippen LogP contribution in [0.5, 0.6) is 0 Å². The van der Waals surface area contributed by atoms with E-state index in [4.69, 9.17) is 5.11 Å². The van der Waals surface area contributed by atoms with E-state index in [-0.39, 0.29) is 11.1 Å². The maximum Gasteiger partial charge on any atom is 0.206 e. The zero-order chi connectivity index (χ0) is 15.9. The Bertz CT molecular complexity index is 527. The number of Topliss-reactive ketones (excluding diaryl/α,β-unsaturated/α-hetero) is 1. The normalized spacial score (nSPS) is 23.8. The molecule has 0 unspecified atom stereocenters. The van der Waals surface area contributed by atoms with Crippen molar-refractivity contribution in [2.75, 3.05) is 0 Å². The lowest BCUT2D eigenvalue weighted by Gasteiger charge is -2.24. The third-order valence-corrected chi connectivity index (χ3v) is 3.49. The summed E-state index contributed by atoms with van der Waals surface area (Å²) in [7, 11) is 0. The number of ketones is 2. The van der Waals surface area contributed by atoms with Crippen molar-refractivity contribution in [3.63, 3.8) is 0 Å². The van der Waals surface area contributed by atoms with E-state index in [0.717, 1.165) is 25.8 Å². The van der Waals surface area contributed by atoms with Crippen molar-refractivity contribution in [3.8, 4) is 11.8 Å². The summed E-state index contributed by atoms with van der Waals surface area (Å²) in [4.78, 5) is 23.6. The first kappa shape index (κ1) is 17.2. The van der Waals surface area contributed by atoms with Crippen LogP contribution in [0.4, 0.5) is 0 Å². The SMILES string of the molecule is CCCCCCCC#CC1=CC(=O)[C@@](C)(O)C(=O)/C1=C/O. The molecule has 1 aliphatic carbocycles. The lowest BCUT2D eigenvalue weighted by molar-refractivity contribution is -0.144. The predicted molar refractivity (Wildman–Crippen MR) is 80.6 cm³/mol. The summed E-state index contributed by atoms with van der Waals surface area (Å²) in [5.41, 5.74) is -2.05. The van der Waals surface area contributed by atoms with Gasteiger partial charge in [0.15, 0.2) is 11.4 Å². The zero-order valence-corrected chi connectivity index (χ0v) is 12.6. The fraction of sp³-hybridized carbons (Fsp3) is 0.529. The van der Waals surface area contributed by atoms with Crippen molar-refractivity contribution in [2.24, 2.45) is 0 Å². The van der Waals surface area contributed by atoms with E-state index in [0.29, 0.717) is 12.7 Å². The highest BCUT2D eigenvalue weighted by Crippen LogP contribution is 2.25. The second kappa shape index (κ2) is 7.80. The van der Waals surface area contributed by atoms with E-state index in [9.17, 15) is 14.7 Å². The quantitative estimate of drug-likeness (QED) is 0.268. The summed E-state index contributed by atoms with van der Waals surface area (Å²) >= 11 is 0. The molecule has 21 heavy (non-hydrogen) atoms. The highest BCUT2D eigenvalue weighted by molar-refractivity contribution is 6.25. The Morgan fingerprint density at radius 2 is 1.90 bits per heavy atom. The molecule has 0 saturated heterocycles. The lowest BCUT2D eigenvalue weighted by atomic mass is 9.81. The number of unbranched alkanes of at least 4 members (excludes halogenated alkanes) is 5. The van der Waals surface area contributed by atoms with Gasteiger partial charge in [0.2, 0.25) is 5.78 Å². The monoisotopic (exact) mass is 290 g/mol. The molecule has 0 heterocycles. The van der Waals surface area contributed by atoms with Crippen LogP contribution < -0.4 is 0 Å². The summed E-state index contributed by atoms with van der Waals surface area (Å²) in [5.74, 6) is 4.13. The number of hydrogen-bond acceptors (Lipinski definition) is 4. The number of carbonyl (C=O) groups excluding carboxylic acids is 2. The van der Waals surface area contributed by atoms with Gasteiger partial charge in [0.05, 0.1) is 11.8 Å². The maximum absolute atomic E-state index is 11.9. The fourth-order valence-electron chi connectivity index (χ4n) is 2.05. The van der Waals surface area contributed by atoms with E-state index < -0.39 is 17.2 Å². The van der Waals surface area contributed by atoms with Crippen molar-refractivity contribution in [2.45, 2.75) is 58.0 Å². The average Bonchev–Trinajstić information content (AvgIpc) is 2.45. The number of allylic oxidation sites excluding steroid dienone is 1. The molecule has 4 heteroatoms. The minimum absolute atomic E-state index is 0.113. The van der Waals surface area contributed by atoms with E-state index in [1.807, 2.05) is 0 Å². The Kier molecular flexibility index (Phi) is 6.39. The average molecular weight is 290 g/mol. The molecular formula is C17H22O4. The van der Waals surface area contributed by atoms with Gasteiger partial charge in [0.25, 0.3) is 0 Å². The van der Waals surface area contributed by atoms with Gasteiger partial charge in [-0.05, 0) is 13.3 Å². The van der Waals surface area contributed by atoms with Crippen LogP contribution in [-0.4, -0.2) is 27.4 Å². The maximum atomic E-state index is 11.9.